The van der Waals surface area contributed by atoms with Gasteiger partial charge in [0.2, 0.25) is 11.4 Å². The van der Waals surface area contributed by atoms with Crippen molar-refractivity contribution in [2.24, 2.45) is 5.92 Å². The third-order valence-corrected chi connectivity index (χ3v) is 6.39. The Hall–Kier alpha value is -3.12. The molecular formula is C23H18ClNO5. The highest BCUT2D eigenvalue weighted by molar-refractivity contribution is 6.35. The number of rotatable bonds is 2. The van der Waals surface area contributed by atoms with E-state index in [0.717, 1.165) is 10.8 Å². The van der Waals surface area contributed by atoms with E-state index in [0.29, 0.717) is 22.8 Å². The molecule has 7 heteroatoms. The lowest BCUT2D eigenvalue weighted by atomic mass is 9.71. The van der Waals surface area contributed by atoms with Crippen molar-refractivity contribution in [3.63, 3.8) is 0 Å². The molecule has 2 unspecified atom stereocenters. The van der Waals surface area contributed by atoms with Gasteiger partial charge in [0.1, 0.15) is 27.8 Å². The van der Waals surface area contributed by atoms with Gasteiger partial charge >= 0.3 is 0 Å². The summed E-state index contributed by atoms with van der Waals surface area (Å²) < 4.78 is 17.1. The number of ether oxygens (including phenoxy) is 3. The van der Waals surface area contributed by atoms with E-state index >= 15 is 0 Å². The van der Waals surface area contributed by atoms with Crippen molar-refractivity contribution in [3.8, 4) is 17.2 Å². The predicted octanol–water partition coefficient (Wildman–Crippen LogP) is 4.60. The van der Waals surface area contributed by atoms with E-state index in [9.17, 15) is 9.59 Å². The zero-order valence-corrected chi connectivity index (χ0v) is 17.4. The van der Waals surface area contributed by atoms with Crippen LogP contribution in [0.2, 0.25) is 5.02 Å². The number of carbonyl (C=O) groups is 2. The van der Waals surface area contributed by atoms with Crippen molar-refractivity contribution >= 4 is 33.9 Å². The van der Waals surface area contributed by atoms with Gasteiger partial charge in [0.25, 0.3) is 0 Å². The molecule has 2 heterocycles. The van der Waals surface area contributed by atoms with Crippen molar-refractivity contribution in [2.75, 3.05) is 14.2 Å². The first-order valence-electron chi connectivity index (χ1n) is 9.53. The van der Waals surface area contributed by atoms with E-state index in [2.05, 4.69) is 4.98 Å². The summed E-state index contributed by atoms with van der Waals surface area (Å²) in [5.41, 5.74) is -0.470. The number of fused-ring (bicyclic) bond motifs is 5. The minimum absolute atomic E-state index is 0.0598. The molecule has 0 amide bonds. The van der Waals surface area contributed by atoms with Crippen LogP contribution in [0.25, 0.3) is 10.8 Å². The van der Waals surface area contributed by atoms with Crippen molar-refractivity contribution in [3.05, 3.63) is 58.4 Å². The van der Waals surface area contributed by atoms with E-state index < -0.39 is 11.5 Å². The van der Waals surface area contributed by atoms with Crippen LogP contribution in [0.4, 0.5) is 0 Å². The fourth-order valence-corrected chi connectivity index (χ4v) is 4.83. The standard InChI is InChI=1S/C23H18ClNO5/c1-11-8-14(26)17-13-7-5-4-6-12(13)10-25-21(17)23(11)22(27)18-15(28-2)9-16(29-3)19(24)20(18)30-23/h4-7,9-11H,8H2,1-3H3. The Morgan fingerprint density at radius 3 is 2.60 bits per heavy atom. The maximum absolute atomic E-state index is 13.9. The number of benzene rings is 2. The molecule has 1 aromatic heterocycles. The lowest BCUT2D eigenvalue weighted by Crippen LogP contribution is -2.49. The zero-order valence-electron chi connectivity index (χ0n) is 16.6. The number of hydrogen-bond acceptors (Lipinski definition) is 6. The number of methoxy groups -OCH3 is 2. The SMILES string of the molecule is COc1cc(OC)c2c(c1Cl)OC1(C2=O)c2ncc3ccccc3c2C(=O)CC1C. The molecule has 0 radical (unpaired) electrons. The van der Waals surface area contributed by atoms with Crippen LogP contribution in [0, 0.1) is 5.92 Å². The number of ketones is 2. The Labute approximate surface area is 177 Å². The Balaban J connectivity index is 1.83. The Kier molecular flexibility index (Phi) is 4.05. The molecule has 0 bridgehead atoms. The lowest BCUT2D eigenvalue weighted by molar-refractivity contribution is 0.0195. The summed E-state index contributed by atoms with van der Waals surface area (Å²) in [6.45, 7) is 1.82. The number of halogens is 1. The summed E-state index contributed by atoms with van der Waals surface area (Å²) in [5, 5.41) is 1.77. The van der Waals surface area contributed by atoms with Gasteiger partial charge in [0.15, 0.2) is 11.5 Å². The molecule has 2 atom stereocenters. The molecule has 2 aliphatic rings. The van der Waals surface area contributed by atoms with Crippen LogP contribution in [-0.4, -0.2) is 30.8 Å². The normalized spacial score (nSPS) is 22.1. The summed E-state index contributed by atoms with van der Waals surface area (Å²) in [5.74, 6) is 0.0130. The van der Waals surface area contributed by atoms with Gasteiger partial charge < -0.3 is 14.2 Å². The van der Waals surface area contributed by atoms with Gasteiger partial charge in [-0.05, 0) is 5.39 Å². The second kappa shape index (κ2) is 6.44. The highest BCUT2D eigenvalue weighted by Crippen LogP contribution is 2.56. The molecule has 6 nitrogen and oxygen atoms in total. The van der Waals surface area contributed by atoms with E-state index in [4.69, 9.17) is 25.8 Å². The Morgan fingerprint density at radius 2 is 1.87 bits per heavy atom. The van der Waals surface area contributed by atoms with Gasteiger partial charge in [-0.1, -0.05) is 42.8 Å². The van der Waals surface area contributed by atoms with Crippen LogP contribution in [-0.2, 0) is 5.60 Å². The maximum atomic E-state index is 13.9. The number of carbonyl (C=O) groups excluding carboxylic acids is 2. The van der Waals surface area contributed by atoms with Gasteiger partial charge in [-0.25, -0.2) is 0 Å². The summed E-state index contributed by atoms with van der Waals surface area (Å²) >= 11 is 6.50. The van der Waals surface area contributed by atoms with Crippen molar-refractivity contribution in [1.29, 1.82) is 0 Å². The van der Waals surface area contributed by atoms with Crippen LogP contribution in [0.1, 0.15) is 39.8 Å². The van der Waals surface area contributed by atoms with Crippen LogP contribution in [0.15, 0.2) is 36.5 Å². The summed E-state index contributed by atoms with van der Waals surface area (Å²) in [6.07, 6.45) is 1.82. The smallest absolute Gasteiger partial charge is 0.220 e. The highest BCUT2D eigenvalue weighted by atomic mass is 35.5. The first-order valence-corrected chi connectivity index (χ1v) is 9.91. The zero-order chi connectivity index (χ0) is 21.2. The second-order valence-corrected chi connectivity index (χ2v) is 7.94. The molecule has 152 valence electrons. The molecule has 3 aromatic rings. The molecule has 1 aliphatic carbocycles. The van der Waals surface area contributed by atoms with Gasteiger partial charge in [0.05, 0.1) is 19.8 Å². The van der Waals surface area contributed by atoms with Gasteiger partial charge in [-0.2, -0.15) is 0 Å². The molecule has 1 spiro atoms. The summed E-state index contributed by atoms with van der Waals surface area (Å²) in [6, 6.07) is 9.05. The van der Waals surface area contributed by atoms with E-state index in [1.807, 2.05) is 31.2 Å². The van der Waals surface area contributed by atoms with Gasteiger partial charge in [-0.3, -0.25) is 14.6 Å². The fourth-order valence-electron chi connectivity index (χ4n) is 4.57. The molecule has 0 fully saturated rings. The monoisotopic (exact) mass is 423 g/mol. The fraction of sp³-hybridized carbons (Fsp3) is 0.261. The molecule has 0 saturated heterocycles. The number of hydrogen-bond donors (Lipinski definition) is 0. The first-order chi connectivity index (χ1) is 14.4. The number of nitrogens with zero attached hydrogens (tertiary/aromatic N) is 1. The summed E-state index contributed by atoms with van der Waals surface area (Å²) in [4.78, 5) is 31.5. The molecule has 0 N–H and O–H groups in total. The number of aromatic nitrogens is 1. The van der Waals surface area contributed by atoms with Crippen molar-refractivity contribution in [2.45, 2.75) is 18.9 Å². The van der Waals surface area contributed by atoms with Crippen LogP contribution in [0.3, 0.4) is 0 Å². The Bertz CT molecular complexity index is 1250. The van der Waals surface area contributed by atoms with Gasteiger partial charge in [0, 0.05) is 30.0 Å². The minimum Gasteiger partial charge on any atom is -0.496 e. The molecule has 2 aromatic carbocycles. The average molecular weight is 424 g/mol. The summed E-state index contributed by atoms with van der Waals surface area (Å²) in [7, 11) is 2.94. The van der Waals surface area contributed by atoms with Crippen LogP contribution >= 0.6 is 11.6 Å². The third kappa shape index (κ3) is 2.22. The number of Topliss-reactive ketones (excluding diaryl/α,β-unsaturated/α-hetero) is 2. The lowest BCUT2D eigenvalue weighted by Gasteiger charge is -2.37. The van der Waals surface area contributed by atoms with Crippen molar-refractivity contribution < 1.29 is 23.8 Å². The molecule has 5 rings (SSSR count). The van der Waals surface area contributed by atoms with Gasteiger partial charge in [-0.15, -0.1) is 0 Å². The molecule has 1 aliphatic heterocycles. The van der Waals surface area contributed by atoms with E-state index in [1.54, 1.807) is 12.3 Å². The molecule has 30 heavy (non-hydrogen) atoms. The molecule has 0 saturated carbocycles. The molecular weight excluding hydrogens is 406 g/mol. The predicted molar refractivity (Wildman–Crippen MR) is 111 cm³/mol. The number of pyridine rings is 1. The Morgan fingerprint density at radius 1 is 1.13 bits per heavy atom. The van der Waals surface area contributed by atoms with Crippen molar-refractivity contribution in [1.82, 2.24) is 4.98 Å². The highest BCUT2D eigenvalue weighted by Gasteiger charge is 2.60. The second-order valence-electron chi connectivity index (χ2n) is 7.56. The first kappa shape index (κ1) is 18.9. The topological polar surface area (TPSA) is 74.7 Å². The minimum atomic E-state index is -1.46. The van der Waals surface area contributed by atoms with E-state index in [-0.39, 0.29) is 34.3 Å². The van der Waals surface area contributed by atoms with E-state index in [1.165, 1.54) is 14.2 Å². The average Bonchev–Trinajstić information content (AvgIpc) is 3.07. The largest absolute Gasteiger partial charge is 0.496 e. The maximum Gasteiger partial charge on any atom is 0.220 e. The quantitative estimate of drug-likeness (QED) is 0.599. The third-order valence-electron chi connectivity index (χ3n) is 6.03. The van der Waals surface area contributed by atoms with Crippen LogP contribution < -0.4 is 14.2 Å². The van der Waals surface area contributed by atoms with Crippen LogP contribution in [0.5, 0.6) is 17.2 Å².